The third kappa shape index (κ3) is 4.38. The van der Waals surface area contributed by atoms with E-state index in [0.717, 1.165) is 5.56 Å². The molecule has 0 spiro atoms. The quantitative estimate of drug-likeness (QED) is 0.522. The predicted molar refractivity (Wildman–Crippen MR) is 84.5 cm³/mol. The first-order chi connectivity index (χ1) is 10.7. The fraction of sp³-hybridized carbons (Fsp3) is 0. The first-order valence-electron chi connectivity index (χ1n) is 6.46. The minimum atomic E-state index is -0.553. The normalized spacial score (nSPS) is 10.9. The van der Waals surface area contributed by atoms with Crippen molar-refractivity contribution >= 4 is 23.9 Å². The predicted octanol–water partition coefficient (Wildman–Crippen LogP) is 3.02. The van der Waals surface area contributed by atoms with E-state index >= 15 is 0 Å². The molecule has 0 fully saturated rings. The number of carbonyl (C=O) groups is 1. The molecule has 2 rings (SSSR count). The third-order valence-corrected chi connectivity index (χ3v) is 2.73. The van der Waals surface area contributed by atoms with Crippen LogP contribution in [0.3, 0.4) is 0 Å². The van der Waals surface area contributed by atoms with Crippen LogP contribution < -0.4 is 5.43 Å². The molecule has 0 aliphatic heterocycles. The number of rotatable bonds is 5. The number of allylic oxidation sites excluding steroid dienone is 1. The minimum absolute atomic E-state index is 0.138. The summed E-state index contributed by atoms with van der Waals surface area (Å²) in [5.74, 6) is -0.506. The van der Waals surface area contributed by atoms with Gasteiger partial charge in [-0.15, -0.1) is 0 Å². The molecule has 0 saturated heterocycles. The minimum Gasteiger partial charge on any atom is -0.267 e. The number of hydrogen-bond donors (Lipinski definition) is 1. The van der Waals surface area contributed by atoms with E-state index < -0.39 is 10.8 Å². The molecule has 2 aromatic rings. The number of carbonyl (C=O) groups excluding carboxylic acids is 1. The Balaban J connectivity index is 1.92. The zero-order valence-electron chi connectivity index (χ0n) is 11.5. The topological polar surface area (TPSA) is 84.6 Å². The van der Waals surface area contributed by atoms with Gasteiger partial charge in [-0.3, -0.25) is 14.9 Å². The average molecular weight is 295 g/mol. The van der Waals surface area contributed by atoms with Gasteiger partial charge in [-0.25, -0.2) is 5.43 Å². The van der Waals surface area contributed by atoms with E-state index in [-0.39, 0.29) is 11.3 Å². The maximum atomic E-state index is 11.8. The fourth-order valence-electron chi connectivity index (χ4n) is 1.68. The molecule has 0 aliphatic rings. The number of nitro benzene ring substituents is 1. The summed E-state index contributed by atoms with van der Waals surface area (Å²) >= 11 is 0. The number of hydrogen-bond acceptors (Lipinski definition) is 4. The SMILES string of the molecule is O=C(N/N=C\C=C\c1ccccc1)c1cccc([N+](=O)[O-])c1. The smallest absolute Gasteiger partial charge is 0.267 e. The number of amides is 1. The Hall–Kier alpha value is -3.28. The van der Waals surface area contributed by atoms with Gasteiger partial charge in [0, 0.05) is 23.9 Å². The molecule has 0 heterocycles. The molecule has 6 heteroatoms. The number of non-ortho nitro benzene ring substituents is 1. The van der Waals surface area contributed by atoms with E-state index in [1.165, 1.54) is 30.5 Å². The van der Waals surface area contributed by atoms with Gasteiger partial charge in [-0.05, 0) is 17.7 Å². The van der Waals surface area contributed by atoms with E-state index in [1.807, 2.05) is 36.4 Å². The van der Waals surface area contributed by atoms with E-state index in [0.29, 0.717) is 0 Å². The van der Waals surface area contributed by atoms with E-state index in [4.69, 9.17) is 0 Å². The molecule has 0 unspecified atom stereocenters. The van der Waals surface area contributed by atoms with Crippen LogP contribution in [0.2, 0.25) is 0 Å². The lowest BCUT2D eigenvalue weighted by Crippen LogP contribution is -2.17. The molecule has 0 radical (unpaired) electrons. The van der Waals surface area contributed by atoms with Gasteiger partial charge in [0.25, 0.3) is 11.6 Å². The molecule has 110 valence electrons. The maximum absolute atomic E-state index is 11.8. The standard InChI is InChI=1S/C16H13N3O3/c20-16(14-9-4-10-15(12-14)19(21)22)18-17-11-5-8-13-6-2-1-3-7-13/h1-12H,(H,18,20)/b8-5+,17-11-. The molecule has 1 N–H and O–H groups in total. The summed E-state index contributed by atoms with van der Waals surface area (Å²) in [4.78, 5) is 21.9. The molecule has 6 nitrogen and oxygen atoms in total. The van der Waals surface area contributed by atoms with Gasteiger partial charge in [-0.2, -0.15) is 5.10 Å². The first-order valence-corrected chi connectivity index (χ1v) is 6.46. The molecule has 22 heavy (non-hydrogen) atoms. The van der Waals surface area contributed by atoms with Crippen molar-refractivity contribution in [2.45, 2.75) is 0 Å². The Bertz CT molecular complexity index is 724. The summed E-state index contributed by atoms with van der Waals surface area (Å²) in [5.41, 5.74) is 3.36. The van der Waals surface area contributed by atoms with Crippen LogP contribution in [0.4, 0.5) is 5.69 Å². The third-order valence-electron chi connectivity index (χ3n) is 2.73. The Morgan fingerprint density at radius 1 is 1.14 bits per heavy atom. The van der Waals surface area contributed by atoms with Crippen LogP contribution in [0.25, 0.3) is 6.08 Å². The van der Waals surface area contributed by atoms with Crippen molar-refractivity contribution in [3.63, 3.8) is 0 Å². The van der Waals surface area contributed by atoms with Gasteiger partial charge < -0.3 is 0 Å². The fourth-order valence-corrected chi connectivity index (χ4v) is 1.68. The summed E-state index contributed by atoms with van der Waals surface area (Å²) in [5, 5.41) is 14.4. The van der Waals surface area contributed by atoms with Crippen LogP contribution in [0.5, 0.6) is 0 Å². The number of hydrazone groups is 1. The van der Waals surface area contributed by atoms with Gasteiger partial charge in [0.1, 0.15) is 0 Å². The number of nitrogens with zero attached hydrogens (tertiary/aromatic N) is 2. The van der Waals surface area contributed by atoms with Crippen LogP contribution in [-0.4, -0.2) is 17.0 Å². The second kappa shape index (κ2) is 7.49. The van der Waals surface area contributed by atoms with Crippen LogP contribution in [0.15, 0.2) is 65.8 Å². The molecule has 0 bridgehead atoms. The molecule has 2 aromatic carbocycles. The monoisotopic (exact) mass is 295 g/mol. The van der Waals surface area contributed by atoms with Crippen molar-refractivity contribution < 1.29 is 9.72 Å². The van der Waals surface area contributed by atoms with Crippen LogP contribution in [0.1, 0.15) is 15.9 Å². The summed E-state index contributed by atoms with van der Waals surface area (Å²) in [6.07, 6.45) is 4.95. The Morgan fingerprint density at radius 2 is 1.91 bits per heavy atom. The highest BCUT2D eigenvalue weighted by atomic mass is 16.6. The van der Waals surface area contributed by atoms with Gasteiger partial charge in [0.2, 0.25) is 0 Å². The molecular formula is C16H13N3O3. The molecule has 0 atom stereocenters. The summed E-state index contributed by atoms with van der Waals surface area (Å²) in [6, 6.07) is 15.1. The largest absolute Gasteiger partial charge is 0.271 e. The first kappa shape index (κ1) is 15.1. The molecular weight excluding hydrogens is 282 g/mol. The molecule has 0 aliphatic carbocycles. The van der Waals surface area contributed by atoms with Crippen LogP contribution in [0, 0.1) is 10.1 Å². The zero-order chi connectivity index (χ0) is 15.8. The van der Waals surface area contributed by atoms with E-state index in [2.05, 4.69) is 10.5 Å². The van der Waals surface area contributed by atoms with Gasteiger partial charge >= 0.3 is 0 Å². The summed E-state index contributed by atoms with van der Waals surface area (Å²) in [7, 11) is 0. The zero-order valence-corrected chi connectivity index (χ0v) is 11.5. The Labute approximate surface area is 126 Å². The van der Waals surface area contributed by atoms with Crippen molar-refractivity contribution in [2.24, 2.45) is 5.10 Å². The van der Waals surface area contributed by atoms with Crippen molar-refractivity contribution in [1.82, 2.24) is 5.43 Å². The highest BCUT2D eigenvalue weighted by Gasteiger charge is 2.10. The highest BCUT2D eigenvalue weighted by Crippen LogP contribution is 2.12. The van der Waals surface area contributed by atoms with Gasteiger partial charge in [0.05, 0.1) is 4.92 Å². The second-order valence-electron chi connectivity index (χ2n) is 4.30. The van der Waals surface area contributed by atoms with Crippen molar-refractivity contribution in [3.05, 3.63) is 81.9 Å². The number of nitro groups is 1. The Kier molecular flexibility index (Phi) is 5.15. The molecule has 0 aromatic heterocycles. The van der Waals surface area contributed by atoms with Crippen molar-refractivity contribution in [1.29, 1.82) is 0 Å². The Morgan fingerprint density at radius 3 is 2.64 bits per heavy atom. The number of benzene rings is 2. The highest BCUT2D eigenvalue weighted by molar-refractivity contribution is 5.95. The lowest BCUT2D eigenvalue weighted by atomic mass is 10.2. The van der Waals surface area contributed by atoms with E-state index in [9.17, 15) is 14.9 Å². The summed E-state index contributed by atoms with van der Waals surface area (Å²) < 4.78 is 0. The second-order valence-corrected chi connectivity index (χ2v) is 4.30. The average Bonchev–Trinajstić information content (AvgIpc) is 2.55. The number of nitrogens with one attached hydrogen (secondary N) is 1. The van der Waals surface area contributed by atoms with E-state index in [1.54, 1.807) is 6.08 Å². The van der Waals surface area contributed by atoms with Gasteiger partial charge in [0.15, 0.2) is 0 Å². The molecule has 0 saturated carbocycles. The molecule has 1 amide bonds. The van der Waals surface area contributed by atoms with Crippen LogP contribution in [-0.2, 0) is 0 Å². The lowest BCUT2D eigenvalue weighted by molar-refractivity contribution is -0.384. The van der Waals surface area contributed by atoms with Crippen molar-refractivity contribution in [3.8, 4) is 0 Å². The maximum Gasteiger partial charge on any atom is 0.271 e. The van der Waals surface area contributed by atoms with Crippen LogP contribution >= 0.6 is 0 Å². The lowest BCUT2D eigenvalue weighted by Gasteiger charge is -1.98. The van der Waals surface area contributed by atoms with Gasteiger partial charge in [-0.1, -0.05) is 42.5 Å². The van der Waals surface area contributed by atoms with Crippen molar-refractivity contribution in [2.75, 3.05) is 0 Å². The summed E-state index contributed by atoms with van der Waals surface area (Å²) in [6.45, 7) is 0.